The highest BCUT2D eigenvalue weighted by Crippen LogP contribution is 2.56. The van der Waals surface area contributed by atoms with Crippen LogP contribution < -0.4 is 4.74 Å². The van der Waals surface area contributed by atoms with E-state index in [0.717, 1.165) is 59.4 Å². The number of carbonyl (C=O) groups is 1. The lowest BCUT2D eigenvalue weighted by Gasteiger charge is -2.36. The summed E-state index contributed by atoms with van der Waals surface area (Å²) < 4.78 is 12.4. The quantitative estimate of drug-likeness (QED) is 0.430. The number of fused-ring (bicyclic) bond motifs is 6. The Kier molecular flexibility index (Phi) is 3.97. The van der Waals surface area contributed by atoms with Crippen molar-refractivity contribution in [1.29, 1.82) is 0 Å². The van der Waals surface area contributed by atoms with Gasteiger partial charge in [-0.15, -0.1) is 0 Å². The summed E-state index contributed by atoms with van der Waals surface area (Å²) >= 11 is 0. The molecule has 0 unspecified atom stereocenters. The van der Waals surface area contributed by atoms with Crippen LogP contribution in [0.15, 0.2) is 66.7 Å². The van der Waals surface area contributed by atoms with Crippen LogP contribution in [0.5, 0.6) is 11.5 Å². The lowest BCUT2D eigenvalue weighted by atomic mass is 9.77. The molecule has 5 rings (SSSR count). The molecule has 1 radical (unpaired) electrons. The number of benzene rings is 3. The van der Waals surface area contributed by atoms with Gasteiger partial charge in [0.05, 0.1) is 5.56 Å². The summed E-state index contributed by atoms with van der Waals surface area (Å²) in [4.78, 5) is 13.1. The lowest BCUT2D eigenvalue weighted by molar-refractivity contribution is 0.0224. The molecule has 0 fully saturated rings. The van der Waals surface area contributed by atoms with Gasteiger partial charge in [0.2, 0.25) is 0 Å². The maximum Gasteiger partial charge on any atom is 0.340 e. The summed E-state index contributed by atoms with van der Waals surface area (Å²) in [5.41, 5.74) is 3.45. The van der Waals surface area contributed by atoms with Crippen LogP contribution in [0.3, 0.4) is 0 Å². The standard InChI is InChI=1S/C25H21O3/c1-2-3-4-10-17-11-9-14-20-23(17)24(26)28-25(20)18-12-5-7-15-21(18)27-22-16-8-6-13-19(22)25/h5-9,11-16H,1-4,10H2. The second kappa shape index (κ2) is 6.52. The van der Waals surface area contributed by atoms with Gasteiger partial charge < -0.3 is 9.47 Å². The zero-order chi connectivity index (χ0) is 19.1. The highest BCUT2D eigenvalue weighted by atomic mass is 16.6. The third-order valence-electron chi connectivity index (χ3n) is 5.68. The van der Waals surface area contributed by atoms with Gasteiger partial charge in [0.15, 0.2) is 5.60 Å². The van der Waals surface area contributed by atoms with E-state index >= 15 is 0 Å². The topological polar surface area (TPSA) is 35.5 Å². The van der Waals surface area contributed by atoms with E-state index in [0.29, 0.717) is 5.56 Å². The van der Waals surface area contributed by atoms with Gasteiger partial charge in [0, 0.05) is 16.7 Å². The number of ether oxygens (including phenoxy) is 2. The van der Waals surface area contributed by atoms with Crippen molar-refractivity contribution < 1.29 is 14.3 Å². The molecule has 0 bridgehead atoms. The molecule has 3 heteroatoms. The summed E-state index contributed by atoms with van der Waals surface area (Å²) in [6, 6.07) is 21.7. The molecule has 2 aliphatic rings. The van der Waals surface area contributed by atoms with Crippen LogP contribution in [-0.2, 0) is 16.8 Å². The normalized spacial score (nSPS) is 15.4. The summed E-state index contributed by atoms with van der Waals surface area (Å²) in [6.07, 6.45) is 3.81. The molecule has 28 heavy (non-hydrogen) atoms. The van der Waals surface area contributed by atoms with Crippen molar-refractivity contribution >= 4 is 5.97 Å². The molecule has 0 atom stereocenters. The fourth-order valence-corrected chi connectivity index (χ4v) is 4.44. The minimum absolute atomic E-state index is 0.258. The van der Waals surface area contributed by atoms with Gasteiger partial charge in [0.25, 0.3) is 0 Å². The Balaban J connectivity index is 1.76. The van der Waals surface area contributed by atoms with Gasteiger partial charge in [-0.2, -0.15) is 0 Å². The molecule has 139 valence electrons. The van der Waals surface area contributed by atoms with Crippen molar-refractivity contribution in [2.75, 3.05) is 0 Å². The fraction of sp³-hybridized carbons (Fsp3) is 0.200. The third kappa shape index (κ3) is 2.32. The first-order chi connectivity index (χ1) is 13.8. The van der Waals surface area contributed by atoms with Gasteiger partial charge in [-0.05, 0) is 30.5 Å². The van der Waals surface area contributed by atoms with Crippen LogP contribution in [0.4, 0.5) is 0 Å². The molecule has 0 aromatic heterocycles. The summed E-state index contributed by atoms with van der Waals surface area (Å²) in [5, 5.41) is 0. The third-order valence-corrected chi connectivity index (χ3v) is 5.68. The van der Waals surface area contributed by atoms with Gasteiger partial charge in [-0.1, -0.05) is 74.4 Å². The lowest BCUT2D eigenvalue weighted by Crippen LogP contribution is -2.32. The van der Waals surface area contributed by atoms with Crippen molar-refractivity contribution in [3.8, 4) is 11.5 Å². The van der Waals surface area contributed by atoms with Crippen LogP contribution in [-0.4, -0.2) is 5.97 Å². The number of rotatable bonds is 4. The van der Waals surface area contributed by atoms with E-state index in [1.54, 1.807) is 0 Å². The second-order valence-corrected chi connectivity index (χ2v) is 7.32. The van der Waals surface area contributed by atoms with Gasteiger partial charge in [-0.3, -0.25) is 0 Å². The van der Waals surface area contributed by atoms with Crippen molar-refractivity contribution in [3.05, 3.63) is 101 Å². The average molecular weight is 369 g/mol. The average Bonchev–Trinajstić information content (AvgIpc) is 3.03. The Morgan fingerprint density at radius 2 is 1.43 bits per heavy atom. The minimum Gasteiger partial charge on any atom is -0.456 e. The van der Waals surface area contributed by atoms with E-state index in [-0.39, 0.29) is 5.97 Å². The van der Waals surface area contributed by atoms with E-state index < -0.39 is 5.60 Å². The summed E-state index contributed by atoms with van der Waals surface area (Å²) in [7, 11) is 0. The molecule has 0 aliphatic carbocycles. The van der Waals surface area contributed by atoms with E-state index in [1.807, 2.05) is 66.7 Å². The Bertz CT molecular complexity index is 1020. The fourth-order valence-electron chi connectivity index (χ4n) is 4.44. The smallest absolute Gasteiger partial charge is 0.340 e. The molecule has 0 N–H and O–H groups in total. The van der Waals surface area contributed by atoms with E-state index in [9.17, 15) is 4.79 Å². The SMILES string of the molecule is [CH2]CCCCc1cccc2c1C(=O)OC21c2ccccc2Oc2ccccc21. The Morgan fingerprint density at radius 1 is 0.786 bits per heavy atom. The Labute approximate surface area is 164 Å². The van der Waals surface area contributed by atoms with Crippen LogP contribution in [0.2, 0.25) is 0 Å². The highest BCUT2D eigenvalue weighted by Gasteiger charge is 2.53. The number of hydrogen-bond acceptors (Lipinski definition) is 3. The van der Waals surface area contributed by atoms with Crippen molar-refractivity contribution in [2.24, 2.45) is 0 Å². The van der Waals surface area contributed by atoms with Crippen LogP contribution in [0.1, 0.15) is 51.9 Å². The Hall–Kier alpha value is -3.07. The summed E-state index contributed by atoms with van der Waals surface area (Å²) in [5.74, 6) is 1.19. The minimum atomic E-state index is -0.958. The van der Waals surface area contributed by atoms with Crippen molar-refractivity contribution in [1.82, 2.24) is 0 Å². The number of aryl methyl sites for hydroxylation is 1. The molecule has 0 saturated heterocycles. The molecule has 3 aromatic carbocycles. The summed E-state index contributed by atoms with van der Waals surface area (Å²) in [6.45, 7) is 3.92. The maximum absolute atomic E-state index is 13.1. The largest absolute Gasteiger partial charge is 0.456 e. The predicted octanol–water partition coefficient (Wildman–Crippen LogP) is 5.80. The Morgan fingerprint density at radius 3 is 2.11 bits per heavy atom. The maximum atomic E-state index is 13.1. The molecule has 3 aromatic rings. The monoisotopic (exact) mass is 369 g/mol. The number of carbonyl (C=O) groups excluding carboxylic acids is 1. The van der Waals surface area contributed by atoms with Crippen molar-refractivity contribution in [3.63, 3.8) is 0 Å². The number of esters is 1. The first-order valence-electron chi connectivity index (χ1n) is 9.77. The van der Waals surface area contributed by atoms with E-state index in [2.05, 4.69) is 6.92 Å². The van der Waals surface area contributed by atoms with Crippen LogP contribution in [0.25, 0.3) is 0 Å². The zero-order valence-electron chi connectivity index (χ0n) is 15.6. The number of hydrogen-bond donors (Lipinski definition) is 0. The second-order valence-electron chi connectivity index (χ2n) is 7.32. The first-order valence-corrected chi connectivity index (χ1v) is 9.77. The van der Waals surface area contributed by atoms with E-state index in [4.69, 9.17) is 9.47 Å². The first kappa shape index (κ1) is 17.1. The number of para-hydroxylation sites is 2. The number of unbranched alkanes of at least 4 members (excludes halogenated alkanes) is 2. The van der Waals surface area contributed by atoms with Crippen LogP contribution in [0, 0.1) is 6.92 Å². The molecular weight excluding hydrogens is 348 g/mol. The molecule has 0 amide bonds. The molecule has 2 aliphatic heterocycles. The van der Waals surface area contributed by atoms with Crippen molar-refractivity contribution in [2.45, 2.75) is 31.3 Å². The molecule has 0 saturated carbocycles. The van der Waals surface area contributed by atoms with E-state index in [1.165, 1.54) is 0 Å². The van der Waals surface area contributed by atoms with Gasteiger partial charge in [0.1, 0.15) is 11.5 Å². The molecular formula is C25H21O3. The van der Waals surface area contributed by atoms with Crippen LogP contribution >= 0.6 is 0 Å². The molecule has 2 heterocycles. The highest BCUT2D eigenvalue weighted by molar-refractivity contribution is 5.98. The molecule has 3 nitrogen and oxygen atoms in total. The predicted molar refractivity (Wildman–Crippen MR) is 108 cm³/mol. The zero-order valence-corrected chi connectivity index (χ0v) is 15.6. The molecule has 1 spiro atoms. The van der Waals surface area contributed by atoms with Gasteiger partial charge >= 0.3 is 5.97 Å². The van der Waals surface area contributed by atoms with Gasteiger partial charge in [-0.25, -0.2) is 4.79 Å².